The number of nitriles is 1. The summed E-state index contributed by atoms with van der Waals surface area (Å²) in [6.45, 7) is 0. The molecule has 130 valence electrons. The number of thioether (sulfide) groups is 1. The predicted octanol–water partition coefficient (Wildman–Crippen LogP) is 4.44. The number of rotatable bonds is 3. The first kappa shape index (κ1) is 17.6. The van der Waals surface area contributed by atoms with Gasteiger partial charge in [0.1, 0.15) is 11.6 Å². The molecule has 1 aliphatic rings. The van der Waals surface area contributed by atoms with Crippen LogP contribution in [0.2, 0.25) is 0 Å². The molecule has 1 aromatic heterocycles. The molecule has 3 nitrogen and oxygen atoms in total. The average Bonchev–Trinajstić information content (AvgIpc) is 2.59. The molecule has 0 unspecified atom stereocenters. The standard InChI is InChI=1S/C18H15F3N2OS/c19-18(20,21)12-5-3-4-11(8-12)10-25-17-14-7-2-1-6-13(14)15(9-22)16(24)23-17/h3-5,8H,1-2,6-7,10H2,(H,23,24). The Morgan fingerprint density at radius 1 is 1.20 bits per heavy atom. The molecule has 0 radical (unpaired) electrons. The van der Waals surface area contributed by atoms with Crippen molar-refractivity contribution in [2.45, 2.75) is 42.6 Å². The van der Waals surface area contributed by atoms with Crippen molar-refractivity contribution in [2.75, 3.05) is 0 Å². The van der Waals surface area contributed by atoms with Gasteiger partial charge >= 0.3 is 6.18 Å². The highest BCUT2D eigenvalue weighted by atomic mass is 32.2. The van der Waals surface area contributed by atoms with Gasteiger partial charge in [-0.15, -0.1) is 11.8 Å². The minimum atomic E-state index is -4.37. The molecule has 2 aromatic rings. The Hall–Kier alpha value is -2.20. The van der Waals surface area contributed by atoms with E-state index in [2.05, 4.69) is 4.98 Å². The van der Waals surface area contributed by atoms with Crippen LogP contribution in [0.15, 0.2) is 34.1 Å². The van der Waals surface area contributed by atoms with E-state index in [1.54, 1.807) is 6.07 Å². The molecule has 0 amide bonds. The van der Waals surface area contributed by atoms with Gasteiger partial charge in [-0.2, -0.15) is 18.4 Å². The van der Waals surface area contributed by atoms with Crippen LogP contribution in [-0.4, -0.2) is 4.98 Å². The fourth-order valence-electron chi connectivity index (χ4n) is 3.04. The summed E-state index contributed by atoms with van der Waals surface area (Å²) in [4.78, 5) is 14.8. The highest BCUT2D eigenvalue weighted by Gasteiger charge is 2.30. The molecular formula is C18H15F3N2OS. The van der Waals surface area contributed by atoms with E-state index in [-0.39, 0.29) is 5.56 Å². The van der Waals surface area contributed by atoms with Crippen LogP contribution in [-0.2, 0) is 24.8 Å². The first-order valence-corrected chi connectivity index (χ1v) is 8.86. The number of fused-ring (bicyclic) bond motifs is 1. The SMILES string of the molecule is N#Cc1c2c(c(SCc3cccc(C(F)(F)F)c3)[nH]c1=O)CCCC2. The monoisotopic (exact) mass is 364 g/mol. The summed E-state index contributed by atoms with van der Waals surface area (Å²) in [6, 6.07) is 7.16. The van der Waals surface area contributed by atoms with E-state index in [0.29, 0.717) is 22.8 Å². The Labute approximate surface area is 146 Å². The van der Waals surface area contributed by atoms with Crippen LogP contribution in [0.4, 0.5) is 13.2 Å². The van der Waals surface area contributed by atoms with Gasteiger partial charge in [0.2, 0.25) is 0 Å². The zero-order valence-corrected chi connectivity index (χ0v) is 14.1. The Bertz CT molecular complexity index is 897. The van der Waals surface area contributed by atoms with Crippen molar-refractivity contribution in [3.8, 4) is 6.07 Å². The van der Waals surface area contributed by atoms with Crippen LogP contribution in [0.3, 0.4) is 0 Å². The normalized spacial score (nSPS) is 14.0. The van der Waals surface area contributed by atoms with Gasteiger partial charge < -0.3 is 4.98 Å². The van der Waals surface area contributed by atoms with Crippen LogP contribution < -0.4 is 5.56 Å². The number of nitrogens with zero attached hydrogens (tertiary/aromatic N) is 1. The zero-order chi connectivity index (χ0) is 18.0. The van der Waals surface area contributed by atoms with Crippen LogP contribution in [0.25, 0.3) is 0 Å². The number of aromatic nitrogens is 1. The second kappa shape index (κ2) is 6.96. The smallest absolute Gasteiger partial charge is 0.316 e. The maximum Gasteiger partial charge on any atom is 0.416 e. The average molecular weight is 364 g/mol. The second-order valence-electron chi connectivity index (χ2n) is 5.92. The molecule has 0 saturated heterocycles. The number of halogens is 3. The Morgan fingerprint density at radius 3 is 2.60 bits per heavy atom. The number of pyridine rings is 1. The van der Waals surface area contributed by atoms with Crippen molar-refractivity contribution in [1.82, 2.24) is 4.98 Å². The molecule has 7 heteroatoms. The lowest BCUT2D eigenvalue weighted by Gasteiger charge is -2.19. The molecule has 1 heterocycles. The largest absolute Gasteiger partial charge is 0.416 e. The molecule has 3 rings (SSSR count). The predicted molar refractivity (Wildman–Crippen MR) is 89.4 cm³/mol. The molecule has 0 bridgehead atoms. The maximum absolute atomic E-state index is 12.8. The number of hydrogen-bond acceptors (Lipinski definition) is 3. The van der Waals surface area contributed by atoms with Crippen LogP contribution in [0, 0.1) is 11.3 Å². The number of nitrogens with one attached hydrogen (secondary N) is 1. The molecule has 1 N–H and O–H groups in total. The van der Waals surface area contributed by atoms with E-state index < -0.39 is 17.3 Å². The fraction of sp³-hybridized carbons (Fsp3) is 0.333. The van der Waals surface area contributed by atoms with Crippen LogP contribution >= 0.6 is 11.8 Å². The van der Waals surface area contributed by atoms with Gasteiger partial charge in [0.25, 0.3) is 5.56 Å². The summed E-state index contributed by atoms with van der Waals surface area (Å²) in [5, 5.41) is 9.86. The van der Waals surface area contributed by atoms with Crippen molar-refractivity contribution in [2.24, 2.45) is 0 Å². The Morgan fingerprint density at radius 2 is 1.92 bits per heavy atom. The topological polar surface area (TPSA) is 56.6 Å². The fourth-order valence-corrected chi connectivity index (χ4v) is 4.10. The summed E-state index contributed by atoms with van der Waals surface area (Å²) in [7, 11) is 0. The van der Waals surface area contributed by atoms with Crippen molar-refractivity contribution in [1.29, 1.82) is 5.26 Å². The van der Waals surface area contributed by atoms with E-state index >= 15 is 0 Å². The second-order valence-corrected chi connectivity index (χ2v) is 6.91. The number of H-pyrrole nitrogens is 1. The molecule has 1 aromatic carbocycles. The zero-order valence-electron chi connectivity index (χ0n) is 13.2. The minimum Gasteiger partial charge on any atom is -0.316 e. The van der Waals surface area contributed by atoms with Crippen molar-refractivity contribution >= 4 is 11.8 Å². The Kier molecular flexibility index (Phi) is 4.91. The highest BCUT2D eigenvalue weighted by Crippen LogP contribution is 2.33. The van der Waals surface area contributed by atoms with Crippen LogP contribution in [0.1, 0.15) is 40.7 Å². The number of aromatic amines is 1. The summed E-state index contributed by atoms with van der Waals surface area (Å²) in [5.41, 5.74) is 1.35. The van der Waals surface area contributed by atoms with Crippen molar-refractivity contribution < 1.29 is 13.2 Å². The lowest BCUT2D eigenvalue weighted by Crippen LogP contribution is -2.20. The number of hydrogen-bond donors (Lipinski definition) is 1. The molecule has 0 spiro atoms. The van der Waals surface area contributed by atoms with Crippen molar-refractivity contribution in [3.63, 3.8) is 0 Å². The minimum absolute atomic E-state index is 0.165. The summed E-state index contributed by atoms with van der Waals surface area (Å²) >= 11 is 1.31. The molecule has 0 atom stereocenters. The molecular weight excluding hydrogens is 349 g/mol. The van der Waals surface area contributed by atoms with Gasteiger partial charge in [0, 0.05) is 5.75 Å². The first-order chi connectivity index (χ1) is 11.9. The third-order valence-corrected chi connectivity index (χ3v) is 5.36. The van der Waals surface area contributed by atoms with Crippen LogP contribution in [0.5, 0.6) is 0 Å². The van der Waals surface area contributed by atoms with E-state index in [9.17, 15) is 23.2 Å². The molecule has 0 fully saturated rings. The number of benzene rings is 1. The van der Waals surface area contributed by atoms with Gasteiger partial charge in [0.05, 0.1) is 10.6 Å². The maximum atomic E-state index is 12.8. The van der Waals surface area contributed by atoms with E-state index in [0.717, 1.165) is 42.5 Å². The lowest BCUT2D eigenvalue weighted by molar-refractivity contribution is -0.137. The summed E-state index contributed by atoms with van der Waals surface area (Å²) in [6.07, 6.45) is -1.00. The summed E-state index contributed by atoms with van der Waals surface area (Å²) in [5.74, 6) is 0.318. The molecule has 0 saturated carbocycles. The third kappa shape index (κ3) is 3.74. The first-order valence-electron chi connectivity index (χ1n) is 7.87. The Balaban J connectivity index is 1.89. The van der Waals surface area contributed by atoms with Crippen molar-refractivity contribution in [3.05, 3.63) is 62.4 Å². The van der Waals surface area contributed by atoms with Gasteiger partial charge in [0.15, 0.2) is 0 Å². The van der Waals surface area contributed by atoms with Gasteiger partial charge in [-0.3, -0.25) is 4.79 Å². The van der Waals surface area contributed by atoms with E-state index in [4.69, 9.17) is 0 Å². The molecule has 25 heavy (non-hydrogen) atoms. The quantitative estimate of drug-likeness (QED) is 0.820. The number of alkyl halides is 3. The van der Waals surface area contributed by atoms with Gasteiger partial charge in [-0.1, -0.05) is 18.2 Å². The van der Waals surface area contributed by atoms with E-state index in [1.807, 2.05) is 6.07 Å². The molecule has 1 aliphatic carbocycles. The van der Waals surface area contributed by atoms with Gasteiger partial charge in [-0.05, 0) is 48.4 Å². The molecule has 0 aliphatic heterocycles. The third-order valence-electron chi connectivity index (χ3n) is 4.25. The van der Waals surface area contributed by atoms with E-state index in [1.165, 1.54) is 17.8 Å². The summed E-state index contributed by atoms with van der Waals surface area (Å²) < 4.78 is 38.4. The highest BCUT2D eigenvalue weighted by molar-refractivity contribution is 7.98. The lowest BCUT2D eigenvalue weighted by atomic mass is 9.90. The van der Waals surface area contributed by atoms with Gasteiger partial charge in [-0.25, -0.2) is 0 Å².